The maximum atomic E-state index is 12.8. The average molecular weight is 464 g/mol. The molecule has 1 aromatic rings. The topological polar surface area (TPSA) is 107 Å². The average Bonchev–Trinajstić information content (AvgIpc) is 3.21. The van der Waals surface area contributed by atoms with Crippen LogP contribution in [0.3, 0.4) is 0 Å². The van der Waals surface area contributed by atoms with Crippen LogP contribution < -0.4 is 5.32 Å². The molecule has 1 fully saturated rings. The van der Waals surface area contributed by atoms with Crippen molar-refractivity contribution < 1.29 is 46.8 Å². The summed E-state index contributed by atoms with van der Waals surface area (Å²) in [7, 11) is 0. The fraction of sp³-hybridized carbons (Fsp3) is 0.600. The maximum absolute atomic E-state index is 12.8. The van der Waals surface area contributed by atoms with E-state index < -0.39 is 25.1 Å². The molecule has 0 saturated carbocycles. The van der Waals surface area contributed by atoms with Crippen LogP contribution in [0.2, 0.25) is 0 Å². The Kier molecular flexibility index (Phi) is 10.7. The van der Waals surface area contributed by atoms with Gasteiger partial charge in [0.2, 0.25) is 5.91 Å². The van der Waals surface area contributed by atoms with E-state index >= 15 is 0 Å². The molecule has 180 valence electrons. The highest BCUT2D eigenvalue weighted by atomic mass is 19.4. The number of halogens is 3. The molecule has 1 saturated heterocycles. The highest BCUT2D eigenvalue weighted by molar-refractivity contribution is 5.86. The van der Waals surface area contributed by atoms with Gasteiger partial charge in [0.1, 0.15) is 6.04 Å². The number of rotatable bonds is 13. The lowest BCUT2D eigenvalue weighted by molar-refractivity contribution is -0.327. The van der Waals surface area contributed by atoms with Crippen LogP contribution >= 0.6 is 0 Å². The first-order chi connectivity index (χ1) is 15.3. The summed E-state index contributed by atoms with van der Waals surface area (Å²) >= 11 is 0. The van der Waals surface area contributed by atoms with Gasteiger partial charge in [0.25, 0.3) is 0 Å². The number of nitrogens with zero attached hydrogens (tertiary/aromatic N) is 1. The summed E-state index contributed by atoms with van der Waals surface area (Å²) in [6, 6.07) is 7.63. The molecular weight excluding hydrogens is 437 g/mol. The zero-order valence-corrected chi connectivity index (χ0v) is 17.4. The highest BCUT2D eigenvalue weighted by Crippen LogP contribution is 2.21. The molecule has 1 heterocycles. The molecule has 2 atom stereocenters. The summed E-state index contributed by atoms with van der Waals surface area (Å²) in [5, 5.41) is 11.4. The molecule has 0 bridgehead atoms. The van der Waals surface area contributed by atoms with E-state index in [1.54, 1.807) is 35.2 Å². The molecule has 2 N–H and O–H groups in total. The minimum Gasteiger partial charge on any atom is -0.465 e. The Morgan fingerprint density at radius 1 is 1.06 bits per heavy atom. The van der Waals surface area contributed by atoms with E-state index in [2.05, 4.69) is 10.1 Å². The van der Waals surface area contributed by atoms with E-state index in [0.717, 1.165) is 0 Å². The van der Waals surface area contributed by atoms with Gasteiger partial charge in [0.15, 0.2) is 0 Å². The number of carbonyl (C=O) groups excluding carboxylic acids is 1. The third-order valence-corrected chi connectivity index (χ3v) is 4.55. The summed E-state index contributed by atoms with van der Waals surface area (Å²) in [6.07, 6.45) is -5.53. The quantitative estimate of drug-likeness (QED) is 0.431. The first-order valence-electron chi connectivity index (χ1n) is 10.1. The normalized spacial score (nSPS) is 17.3. The molecule has 1 aliphatic heterocycles. The van der Waals surface area contributed by atoms with Crippen molar-refractivity contribution in [1.82, 2.24) is 10.2 Å². The van der Waals surface area contributed by atoms with Crippen molar-refractivity contribution in [1.29, 1.82) is 0 Å². The summed E-state index contributed by atoms with van der Waals surface area (Å²) in [6.45, 7) is 0.894. The molecule has 2 rings (SSSR count). The predicted octanol–water partition coefficient (Wildman–Crippen LogP) is 2.18. The first kappa shape index (κ1) is 25.8. The number of carboxylic acid groups (broad SMARTS) is 1. The summed E-state index contributed by atoms with van der Waals surface area (Å²) in [5.74, 6) is -0.340. The number of amides is 2. The number of benzene rings is 1. The fourth-order valence-electron chi connectivity index (χ4n) is 3.12. The van der Waals surface area contributed by atoms with Gasteiger partial charge in [-0.2, -0.15) is 0 Å². The van der Waals surface area contributed by atoms with E-state index in [1.165, 1.54) is 0 Å². The molecule has 0 aromatic heterocycles. The monoisotopic (exact) mass is 464 g/mol. The van der Waals surface area contributed by atoms with Gasteiger partial charge in [-0.1, -0.05) is 30.3 Å². The van der Waals surface area contributed by atoms with Crippen LogP contribution in [0, 0.1) is 0 Å². The number of carbonyl (C=O) groups is 2. The van der Waals surface area contributed by atoms with Crippen LogP contribution in [0.4, 0.5) is 18.0 Å². The number of alkyl halides is 3. The van der Waals surface area contributed by atoms with Gasteiger partial charge in [0, 0.05) is 13.1 Å². The number of ether oxygens (including phenoxy) is 4. The Balaban J connectivity index is 1.61. The molecule has 2 amide bonds. The van der Waals surface area contributed by atoms with E-state index in [9.17, 15) is 22.8 Å². The second-order valence-electron chi connectivity index (χ2n) is 6.88. The Labute approximate surface area is 183 Å². The van der Waals surface area contributed by atoms with Crippen molar-refractivity contribution >= 4 is 12.0 Å². The Morgan fingerprint density at radius 3 is 2.31 bits per heavy atom. The summed E-state index contributed by atoms with van der Waals surface area (Å²) in [4.78, 5) is 25.5. The van der Waals surface area contributed by atoms with E-state index in [4.69, 9.17) is 19.3 Å². The van der Waals surface area contributed by atoms with Gasteiger partial charge < -0.3 is 29.5 Å². The van der Waals surface area contributed by atoms with Crippen LogP contribution in [-0.4, -0.2) is 87.2 Å². The van der Waals surface area contributed by atoms with E-state index in [-0.39, 0.29) is 45.0 Å². The highest BCUT2D eigenvalue weighted by Gasteiger charge is 2.33. The van der Waals surface area contributed by atoms with Gasteiger partial charge in [-0.05, 0) is 12.0 Å². The van der Waals surface area contributed by atoms with Crippen molar-refractivity contribution in [2.75, 3.05) is 52.7 Å². The van der Waals surface area contributed by atoms with Crippen LogP contribution in [0.5, 0.6) is 0 Å². The lowest BCUT2D eigenvalue weighted by atomic mass is 10.1. The Hall–Kier alpha value is -2.41. The minimum atomic E-state index is -4.66. The van der Waals surface area contributed by atoms with Crippen LogP contribution in [-0.2, 0) is 23.7 Å². The van der Waals surface area contributed by atoms with E-state index in [0.29, 0.717) is 25.1 Å². The lowest BCUT2D eigenvalue weighted by Crippen LogP contribution is -2.42. The van der Waals surface area contributed by atoms with Gasteiger partial charge in [0.05, 0.1) is 45.7 Å². The molecule has 32 heavy (non-hydrogen) atoms. The van der Waals surface area contributed by atoms with Gasteiger partial charge in [-0.3, -0.25) is 9.53 Å². The second-order valence-corrected chi connectivity index (χ2v) is 6.88. The molecule has 12 heteroatoms. The van der Waals surface area contributed by atoms with Crippen molar-refractivity contribution in [2.24, 2.45) is 0 Å². The predicted molar refractivity (Wildman–Crippen MR) is 105 cm³/mol. The van der Waals surface area contributed by atoms with Crippen LogP contribution in [0.25, 0.3) is 0 Å². The minimum absolute atomic E-state index is 0.129. The fourth-order valence-corrected chi connectivity index (χ4v) is 3.12. The molecule has 0 spiro atoms. The van der Waals surface area contributed by atoms with Crippen LogP contribution in [0.1, 0.15) is 18.0 Å². The zero-order chi connectivity index (χ0) is 23.4. The third-order valence-electron chi connectivity index (χ3n) is 4.55. The summed E-state index contributed by atoms with van der Waals surface area (Å²) in [5.41, 5.74) is 0.560. The van der Waals surface area contributed by atoms with Gasteiger partial charge in [-0.15, -0.1) is 13.2 Å². The molecule has 9 nitrogen and oxygen atoms in total. The zero-order valence-electron chi connectivity index (χ0n) is 17.4. The third kappa shape index (κ3) is 9.81. The Bertz CT molecular complexity index is 706. The number of hydrogen-bond acceptors (Lipinski definition) is 6. The summed E-state index contributed by atoms with van der Waals surface area (Å²) < 4.78 is 54.8. The molecule has 1 aromatic carbocycles. The lowest BCUT2D eigenvalue weighted by Gasteiger charge is -2.23. The first-order valence-corrected chi connectivity index (χ1v) is 10.1. The SMILES string of the molecule is O=C(O)NC(C(=O)N1CC[C@H](OCCOCCOCCOC(F)(F)F)C1)c1ccccc1. The van der Waals surface area contributed by atoms with Crippen molar-refractivity contribution in [2.45, 2.75) is 24.9 Å². The largest absolute Gasteiger partial charge is 0.522 e. The molecule has 0 aliphatic carbocycles. The second kappa shape index (κ2) is 13.2. The number of hydrogen-bond donors (Lipinski definition) is 2. The van der Waals surface area contributed by atoms with Crippen LogP contribution in [0.15, 0.2) is 30.3 Å². The molecular formula is C20H27F3N2O7. The van der Waals surface area contributed by atoms with Crippen molar-refractivity contribution in [3.63, 3.8) is 0 Å². The van der Waals surface area contributed by atoms with Crippen molar-refractivity contribution in [3.8, 4) is 0 Å². The smallest absolute Gasteiger partial charge is 0.465 e. The van der Waals surface area contributed by atoms with Crippen molar-refractivity contribution in [3.05, 3.63) is 35.9 Å². The molecule has 0 radical (unpaired) electrons. The molecule has 1 aliphatic rings. The molecule has 1 unspecified atom stereocenters. The van der Waals surface area contributed by atoms with E-state index in [1.807, 2.05) is 0 Å². The maximum Gasteiger partial charge on any atom is 0.522 e. The van der Waals surface area contributed by atoms with Gasteiger partial charge in [-0.25, -0.2) is 4.79 Å². The number of nitrogens with one attached hydrogen (secondary N) is 1. The Morgan fingerprint density at radius 2 is 1.69 bits per heavy atom. The van der Waals surface area contributed by atoms with Gasteiger partial charge >= 0.3 is 12.5 Å². The standard InChI is InChI=1S/C20H27F3N2O7/c21-20(22,23)32-13-11-30-9-8-29-10-12-31-16-6-7-25(14-16)18(26)17(24-19(27)28)15-4-2-1-3-5-15/h1-5,16-17,24H,6-14H2,(H,27,28)/t16-,17?/m0/s1. The number of likely N-dealkylation sites (tertiary alicyclic amines) is 1.